The molecule has 0 spiro atoms. The lowest BCUT2D eigenvalue weighted by molar-refractivity contribution is 0.0341. The Hall–Kier alpha value is -3.80. The lowest BCUT2D eigenvalue weighted by Gasteiger charge is -2.38. The Bertz CT molecular complexity index is 1500. The molecule has 0 unspecified atom stereocenters. The van der Waals surface area contributed by atoms with Gasteiger partial charge in [-0.2, -0.15) is 0 Å². The van der Waals surface area contributed by atoms with Gasteiger partial charge in [0.2, 0.25) is 6.79 Å². The molecule has 0 radical (unpaired) electrons. The fraction of sp³-hybridized carbons (Fsp3) is 0.367. The van der Waals surface area contributed by atoms with Crippen LogP contribution in [0, 0.1) is 5.92 Å². The van der Waals surface area contributed by atoms with Crippen LogP contribution in [0.25, 0.3) is 0 Å². The smallest absolute Gasteiger partial charge is 0.261 e. The second kappa shape index (κ2) is 12.0. The second-order valence-corrected chi connectivity index (χ2v) is 12.3. The molecule has 0 saturated heterocycles. The highest BCUT2D eigenvalue weighted by molar-refractivity contribution is 7.92. The van der Waals surface area contributed by atoms with E-state index in [1.807, 2.05) is 32.2 Å². The number of sulfonamides is 1. The van der Waals surface area contributed by atoms with Crippen LogP contribution in [0.1, 0.15) is 29.8 Å². The van der Waals surface area contributed by atoms with Crippen molar-refractivity contribution < 1.29 is 32.5 Å². The van der Waals surface area contributed by atoms with E-state index in [4.69, 9.17) is 14.2 Å². The first-order valence-corrected chi connectivity index (χ1v) is 15.0. The van der Waals surface area contributed by atoms with Crippen LogP contribution in [0.4, 0.5) is 5.69 Å². The highest BCUT2D eigenvalue weighted by Crippen LogP contribution is 2.34. The quantitative estimate of drug-likeness (QED) is 0.394. The fourth-order valence-electron chi connectivity index (χ4n) is 5.04. The van der Waals surface area contributed by atoms with E-state index >= 15 is 0 Å². The Labute approximate surface area is 240 Å². The first kappa shape index (κ1) is 28.7. The molecular formula is C30H35N3O7S. The largest absolute Gasteiger partial charge is 0.488 e. The number of carbonyl (C=O) groups excluding carboxylic acids is 1. The summed E-state index contributed by atoms with van der Waals surface area (Å²) in [5.41, 5.74) is 1.54. The lowest BCUT2D eigenvalue weighted by atomic mass is 9.99. The maximum absolute atomic E-state index is 13.7. The number of carbonyl (C=O) groups is 1. The number of ether oxygens (including phenoxy) is 3. The summed E-state index contributed by atoms with van der Waals surface area (Å²) in [5.74, 6) is 1.43. The van der Waals surface area contributed by atoms with Crippen LogP contribution >= 0.6 is 0 Å². The van der Waals surface area contributed by atoms with Crippen molar-refractivity contribution in [1.29, 1.82) is 0 Å². The van der Waals surface area contributed by atoms with Gasteiger partial charge in [0.05, 0.1) is 23.1 Å². The van der Waals surface area contributed by atoms with E-state index in [1.54, 1.807) is 42.2 Å². The van der Waals surface area contributed by atoms with Gasteiger partial charge >= 0.3 is 0 Å². The summed E-state index contributed by atoms with van der Waals surface area (Å²) in [6.45, 7) is 5.40. The zero-order chi connectivity index (χ0) is 29.1. The van der Waals surface area contributed by atoms with E-state index in [0.717, 1.165) is 17.1 Å². The van der Waals surface area contributed by atoms with E-state index in [9.17, 15) is 18.3 Å². The predicted molar refractivity (Wildman–Crippen MR) is 154 cm³/mol. The normalized spacial score (nSPS) is 19.2. The highest BCUT2D eigenvalue weighted by atomic mass is 32.2. The standard InChI is InChI=1S/C30H35N3O7S/c1-20-15-33(21(2)18-34)30(35)25-14-23(31-41(36,37)24-7-5-4-6-8-24)10-12-26(25)40-29(20)17-32(3)16-22-9-11-27-28(13-22)39-19-38-27/h4-14,20-21,29,31,34H,15-19H2,1-3H3/t20-,21-,29-/m0/s1. The first-order chi connectivity index (χ1) is 19.6. The minimum atomic E-state index is -3.86. The Kier molecular flexibility index (Phi) is 8.39. The van der Waals surface area contributed by atoms with Gasteiger partial charge in [0.1, 0.15) is 11.9 Å². The zero-order valence-electron chi connectivity index (χ0n) is 23.3. The number of nitrogens with one attached hydrogen (secondary N) is 1. The average molecular weight is 582 g/mol. The summed E-state index contributed by atoms with van der Waals surface area (Å²) < 4.78 is 45.8. The first-order valence-electron chi connectivity index (χ1n) is 13.5. The molecule has 2 aliphatic rings. The van der Waals surface area contributed by atoms with Crippen molar-refractivity contribution in [2.45, 2.75) is 37.4 Å². The number of aliphatic hydroxyl groups is 1. The lowest BCUT2D eigenvalue weighted by Crippen LogP contribution is -2.49. The fourth-order valence-corrected chi connectivity index (χ4v) is 6.11. The molecule has 3 atom stereocenters. The van der Waals surface area contributed by atoms with Crippen LogP contribution in [0.3, 0.4) is 0 Å². The number of aliphatic hydroxyl groups excluding tert-OH is 1. The van der Waals surface area contributed by atoms with Gasteiger partial charge in [-0.05, 0) is 62.0 Å². The van der Waals surface area contributed by atoms with Gasteiger partial charge in [0.15, 0.2) is 11.5 Å². The molecule has 2 aliphatic heterocycles. The summed E-state index contributed by atoms with van der Waals surface area (Å²) in [6.07, 6.45) is -0.291. The summed E-state index contributed by atoms with van der Waals surface area (Å²) >= 11 is 0. The number of nitrogens with zero attached hydrogens (tertiary/aromatic N) is 2. The molecule has 5 rings (SSSR count). The van der Waals surface area contributed by atoms with E-state index in [-0.39, 0.29) is 47.5 Å². The Morgan fingerprint density at radius 2 is 1.78 bits per heavy atom. The van der Waals surface area contributed by atoms with Crippen LogP contribution in [0.2, 0.25) is 0 Å². The summed E-state index contributed by atoms with van der Waals surface area (Å²) in [5, 5.41) is 9.93. The van der Waals surface area contributed by atoms with Gasteiger partial charge in [-0.3, -0.25) is 14.4 Å². The average Bonchev–Trinajstić information content (AvgIpc) is 3.43. The molecular weight excluding hydrogens is 546 g/mol. The number of hydrogen-bond acceptors (Lipinski definition) is 8. The molecule has 2 N–H and O–H groups in total. The second-order valence-electron chi connectivity index (χ2n) is 10.6. The maximum atomic E-state index is 13.7. The predicted octanol–water partition coefficient (Wildman–Crippen LogP) is 3.57. The number of rotatable bonds is 9. The van der Waals surface area contributed by atoms with Crippen molar-refractivity contribution in [2.24, 2.45) is 5.92 Å². The van der Waals surface area contributed by atoms with Gasteiger partial charge in [-0.25, -0.2) is 8.42 Å². The molecule has 3 aromatic rings. The minimum absolute atomic E-state index is 0.0587. The molecule has 3 aromatic carbocycles. The Morgan fingerprint density at radius 1 is 1.05 bits per heavy atom. The SMILES string of the molecule is C[C@H]1CN([C@@H](C)CO)C(=O)c2cc(NS(=O)(=O)c3ccccc3)ccc2O[C@H]1CN(C)Cc1ccc2c(c1)OCO2. The number of benzene rings is 3. The summed E-state index contributed by atoms with van der Waals surface area (Å²) in [4.78, 5) is 17.6. The van der Waals surface area contributed by atoms with Crippen LogP contribution in [-0.2, 0) is 16.6 Å². The summed E-state index contributed by atoms with van der Waals surface area (Å²) in [6, 6.07) is 18.2. The Morgan fingerprint density at radius 3 is 2.54 bits per heavy atom. The van der Waals surface area contributed by atoms with Gasteiger partial charge in [0, 0.05) is 31.2 Å². The van der Waals surface area contributed by atoms with Crippen molar-refractivity contribution >= 4 is 21.6 Å². The molecule has 0 saturated carbocycles. The monoisotopic (exact) mass is 581 g/mol. The van der Waals surface area contributed by atoms with E-state index < -0.39 is 16.1 Å². The molecule has 0 aromatic heterocycles. The molecule has 10 nitrogen and oxygen atoms in total. The molecule has 11 heteroatoms. The van der Waals surface area contributed by atoms with E-state index in [2.05, 4.69) is 9.62 Å². The topological polar surface area (TPSA) is 118 Å². The van der Waals surface area contributed by atoms with Gasteiger partial charge in [0.25, 0.3) is 15.9 Å². The van der Waals surface area contributed by atoms with Crippen molar-refractivity contribution in [1.82, 2.24) is 9.80 Å². The van der Waals surface area contributed by atoms with E-state index in [0.29, 0.717) is 25.4 Å². The maximum Gasteiger partial charge on any atom is 0.261 e. The van der Waals surface area contributed by atoms with Crippen LogP contribution < -0.4 is 18.9 Å². The molecule has 2 heterocycles. The van der Waals surface area contributed by atoms with Crippen molar-refractivity contribution in [3.8, 4) is 17.2 Å². The third-order valence-electron chi connectivity index (χ3n) is 7.35. The zero-order valence-corrected chi connectivity index (χ0v) is 24.1. The number of amides is 1. The van der Waals surface area contributed by atoms with Gasteiger partial charge in [-0.1, -0.05) is 31.2 Å². The molecule has 1 amide bonds. The van der Waals surface area contributed by atoms with Gasteiger partial charge in [-0.15, -0.1) is 0 Å². The van der Waals surface area contributed by atoms with Crippen molar-refractivity contribution in [3.05, 3.63) is 77.9 Å². The van der Waals surface area contributed by atoms with Gasteiger partial charge < -0.3 is 24.2 Å². The molecule has 218 valence electrons. The third-order valence-corrected chi connectivity index (χ3v) is 8.75. The Balaban J connectivity index is 1.40. The highest BCUT2D eigenvalue weighted by Gasteiger charge is 2.34. The van der Waals surface area contributed by atoms with Crippen molar-refractivity contribution in [2.75, 3.05) is 38.3 Å². The molecule has 0 fully saturated rings. The van der Waals surface area contributed by atoms with Crippen LogP contribution in [0.15, 0.2) is 71.6 Å². The number of likely N-dealkylation sites (N-methyl/N-ethyl adjacent to an activating group) is 1. The molecule has 41 heavy (non-hydrogen) atoms. The molecule has 0 bridgehead atoms. The number of fused-ring (bicyclic) bond motifs is 2. The summed E-state index contributed by atoms with van der Waals surface area (Å²) in [7, 11) is -1.86. The van der Waals surface area contributed by atoms with Crippen LogP contribution in [0.5, 0.6) is 17.2 Å². The molecule has 0 aliphatic carbocycles. The minimum Gasteiger partial charge on any atom is -0.488 e. The number of hydrogen-bond donors (Lipinski definition) is 2. The van der Waals surface area contributed by atoms with E-state index in [1.165, 1.54) is 18.2 Å². The van der Waals surface area contributed by atoms with Crippen molar-refractivity contribution in [3.63, 3.8) is 0 Å². The number of anilines is 1. The van der Waals surface area contributed by atoms with Crippen LogP contribution in [-0.4, -0.2) is 74.9 Å². The third kappa shape index (κ3) is 6.42.